The van der Waals surface area contributed by atoms with Crippen LogP contribution in [0, 0.1) is 0 Å². The van der Waals surface area contributed by atoms with E-state index in [1.807, 2.05) is 12.1 Å². The van der Waals surface area contributed by atoms with Crippen molar-refractivity contribution in [1.29, 1.82) is 0 Å². The molecule has 0 heterocycles. The fourth-order valence-corrected chi connectivity index (χ4v) is 3.35. The van der Waals surface area contributed by atoms with Crippen molar-refractivity contribution in [3.8, 4) is 0 Å². The van der Waals surface area contributed by atoms with Crippen LogP contribution in [0.5, 0.6) is 0 Å². The molecule has 4 nitrogen and oxygen atoms in total. The Hall–Kier alpha value is -0.620. The first-order valence-electron chi connectivity index (χ1n) is 6.93. The van der Waals surface area contributed by atoms with Gasteiger partial charge in [0.25, 0.3) is 0 Å². The topological polar surface area (TPSA) is 72.2 Å². The molecule has 1 aliphatic carbocycles. The number of primary sulfonamides is 1. The Morgan fingerprint density at radius 2 is 1.95 bits per heavy atom. The Bertz CT molecular complexity index is 531. The van der Waals surface area contributed by atoms with Crippen LogP contribution in [0.25, 0.3) is 0 Å². The lowest BCUT2D eigenvalue weighted by molar-refractivity contribution is 0.344. The second kappa shape index (κ2) is 6.89. The molecule has 1 aromatic rings. The van der Waals surface area contributed by atoms with Crippen molar-refractivity contribution in [2.24, 2.45) is 5.14 Å². The van der Waals surface area contributed by atoms with Crippen LogP contribution in [-0.2, 0) is 10.0 Å². The number of hydrogen-bond donors (Lipinski definition) is 2. The molecular formula is C14H21ClN2O2S. The molecule has 3 N–H and O–H groups in total. The normalized spacial score (nSPS) is 23.7. The first-order valence-corrected chi connectivity index (χ1v) is 9.03. The largest absolute Gasteiger partial charge is 0.313 e. The van der Waals surface area contributed by atoms with E-state index in [4.69, 9.17) is 16.7 Å². The molecule has 6 heteroatoms. The SMILES string of the molecule is NS(=O)(=O)CCNC1CCCC(c2ccc(Cl)cc2)C1. The predicted molar refractivity (Wildman–Crippen MR) is 82.4 cm³/mol. The van der Waals surface area contributed by atoms with E-state index >= 15 is 0 Å². The van der Waals surface area contributed by atoms with Crippen LogP contribution in [0.15, 0.2) is 24.3 Å². The van der Waals surface area contributed by atoms with Crippen molar-refractivity contribution < 1.29 is 8.42 Å². The van der Waals surface area contributed by atoms with Crippen molar-refractivity contribution in [2.75, 3.05) is 12.3 Å². The molecule has 2 rings (SSSR count). The van der Waals surface area contributed by atoms with Crippen LogP contribution < -0.4 is 10.5 Å². The number of nitrogens with two attached hydrogens (primary N) is 1. The zero-order chi connectivity index (χ0) is 14.6. The molecule has 1 saturated carbocycles. The fourth-order valence-electron chi connectivity index (χ4n) is 2.82. The van der Waals surface area contributed by atoms with E-state index in [0.717, 1.165) is 24.3 Å². The summed E-state index contributed by atoms with van der Waals surface area (Å²) >= 11 is 5.91. The number of sulfonamides is 1. The number of hydrogen-bond acceptors (Lipinski definition) is 3. The highest BCUT2D eigenvalue weighted by atomic mass is 35.5. The zero-order valence-electron chi connectivity index (χ0n) is 11.4. The first kappa shape index (κ1) is 15.8. The molecule has 1 fully saturated rings. The van der Waals surface area contributed by atoms with Crippen molar-refractivity contribution in [2.45, 2.75) is 37.6 Å². The molecule has 0 bridgehead atoms. The predicted octanol–water partition coefficient (Wildman–Crippen LogP) is 2.24. The monoisotopic (exact) mass is 316 g/mol. The van der Waals surface area contributed by atoms with Gasteiger partial charge in [-0.05, 0) is 42.9 Å². The van der Waals surface area contributed by atoms with Gasteiger partial charge < -0.3 is 5.32 Å². The summed E-state index contributed by atoms with van der Waals surface area (Å²) < 4.78 is 21.8. The van der Waals surface area contributed by atoms with E-state index < -0.39 is 10.0 Å². The van der Waals surface area contributed by atoms with Gasteiger partial charge in [0.05, 0.1) is 5.75 Å². The second-order valence-corrected chi connectivity index (χ2v) is 7.60. The van der Waals surface area contributed by atoms with Crippen molar-refractivity contribution >= 4 is 21.6 Å². The Kier molecular flexibility index (Phi) is 5.43. The quantitative estimate of drug-likeness (QED) is 0.875. The molecule has 0 aromatic heterocycles. The maximum Gasteiger partial charge on any atom is 0.210 e. The van der Waals surface area contributed by atoms with Crippen LogP contribution in [0.2, 0.25) is 5.02 Å². The van der Waals surface area contributed by atoms with Crippen molar-refractivity contribution in [3.63, 3.8) is 0 Å². The fraction of sp³-hybridized carbons (Fsp3) is 0.571. The Balaban J connectivity index is 1.87. The molecule has 2 atom stereocenters. The van der Waals surface area contributed by atoms with E-state index in [0.29, 0.717) is 18.5 Å². The van der Waals surface area contributed by atoms with E-state index in [1.54, 1.807) is 0 Å². The van der Waals surface area contributed by atoms with E-state index in [-0.39, 0.29) is 5.75 Å². The van der Waals surface area contributed by atoms with Crippen LogP contribution in [0.1, 0.15) is 37.2 Å². The minimum Gasteiger partial charge on any atom is -0.313 e. The Labute approximate surface area is 125 Å². The number of benzene rings is 1. The molecule has 0 spiro atoms. The Morgan fingerprint density at radius 3 is 2.60 bits per heavy atom. The maximum atomic E-state index is 10.9. The highest BCUT2D eigenvalue weighted by molar-refractivity contribution is 7.89. The molecular weight excluding hydrogens is 296 g/mol. The van der Waals surface area contributed by atoms with Gasteiger partial charge in [-0.15, -0.1) is 0 Å². The summed E-state index contributed by atoms with van der Waals surface area (Å²) in [6.45, 7) is 0.427. The average Bonchev–Trinajstić information content (AvgIpc) is 2.38. The van der Waals surface area contributed by atoms with Crippen molar-refractivity contribution in [1.82, 2.24) is 5.32 Å². The first-order chi connectivity index (χ1) is 9.44. The molecule has 0 saturated heterocycles. The number of rotatable bonds is 5. The zero-order valence-corrected chi connectivity index (χ0v) is 13.0. The van der Waals surface area contributed by atoms with E-state index in [9.17, 15) is 8.42 Å². The summed E-state index contributed by atoms with van der Waals surface area (Å²) in [4.78, 5) is 0. The highest BCUT2D eigenvalue weighted by Crippen LogP contribution is 2.33. The molecule has 1 aliphatic rings. The van der Waals surface area contributed by atoms with Gasteiger partial charge in [0, 0.05) is 17.6 Å². The standard InChI is InChI=1S/C14H21ClN2O2S/c15-13-6-4-11(5-7-13)12-2-1-3-14(10-12)17-8-9-20(16,18)19/h4-7,12,14,17H,1-3,8-10H2,(H2,16,18,19). The summed E-state index contributed by atoms with van der Waals surface area (Å²) in [6, 6.07) is 8.38. The molecule has 1 aromatic carbocycles. The summed E-state index contributed by atoms with van der Waals surface area (Å²) in [6.07, 6.45) is 4.45. The smallest absolute Gasteiger partial charge is 0.210 e. The van der Waals surface area contributed by atoms with E-state index in [1.165, 1.54) is 12.0 Å². The van der Waals surface area contributed by atoms with Gasteiger partial charge in [-0.25, -0.2) is 13.6 Å². The average molecular weight is 317 g/mol. The molecule has 112 valence electrons. The third kappa shape index (κ3) is 5.05. The van der Waals surface area contributed by atoms with Gasteiger partial charge in [0.2, 0.25) is 10.0 Å². The summed E-state index contributed by atoms with van der Waals surface area (Å²) in [5.74, 6) is 0.516. The van der Waals surface area contributed by atoms with Gasteiger partial charge in [-0.1, -0.05) is 30.2 Å². The highest BCUT2D eigenvalue weighted by Gasteiger charge is 2.23. The van der Waals surface area contributed by atoms with Crippen LogP contribution in [0.4, 0.5) is 0 Å². The van der Waals surface area contributed by atoms with Crippen LogP contribution in [-0.4, -0.2) is 26.8 Å². The molecule has 0 aliphatic heterocycles. The van der Waals surface area contributed by atoms with Crippen LogP contribution in [0.3, 0.4) is 0 Å². The van der Waals surface area contributed by atoms with Gasteiger partial charge in [0.15, 0.2) is 0 Å². The lowest BCUT2D eigenvalue weighted by Crippen LogP contribution is -2.37. The molecule has 20 heavy (non-hydrogen) atoms. The van der Waals surface area contributed by atoms with Gasteiger partial charge in [-0.3, -0.25) is 0 Å². The second-order valence-electron chi connectivity index (χ2n) is 5.43. The number of nitrogens with one attached hydrogen (secondary N) is 1. The summed E-state index contributed by atoms with van der Waals surface area (Å²) in [5, 5.41) is 9.06. The third-order valence-corrected chi connectivity index (χ3v) is 4.86. The number of halogens is 1. The molecule has 0 amide bonds. The van der Waals surface area contributed by atoms with Gasteiger partial charge >= 0.3 is 0 Å². The minimum atomic E-state index is -3.37. The lowest BCUT2D eigenvalue weighted by Gasteiger charge is -2.30. The van der Waals surface area contributed by atoms with Gasteiger partial charge in [-0.2, -0.15) is 0 Å². The minimum absolute atomic E-state index is 0.00485. The van der Waals surface area contributed by atoms with E-state index in [2.05, 4.69) is 17.4 Å². The van der Waals surface area contributed by atoms with Gasteiger partial charge in [0.1, 0.15) is 0 Å². The lowest BCUT2D eigenvalue weighted by atomic mass is 9.81. The maximum absolute atomic E-state index is 10.9. The summed E-state index contributed by atoms with van der Waals surface area (Å²) in [7, 11) is -3.37. The molecule has 0 radical (unpaired) electrons. The van der Waals surface area contributed by atoms with Crippen LogP contribution >= 0.6 is 11.6 Å². The van der Waals surface area contributed by atoms with Crippen molar-refractivity contribution in [3.05, 3.63) is 34.9 Å². The molecule has 2 unspecified atom stereocenters. The Morgan fingerprint density at radius 1 is 1.25 bits per heavy atom. The third-order valence-electron chi connectivity index (χ3n) is 3.84. The summed E-state index contributed by atoms with van der Waals surface area (Å²) in [5.41, 5.74) is 1.31.